The van der Waals surface area contributed by atoms with Gasteiger partial charge in [0.15, 0.2) is 0 Å². The minimum absolute atomic E-state index is 0.0248. The Labute approximate surface area is 126 Å². The lowest BCUT2D eigenvalue weighted by molar-refractivity contribution is -0.124. The first-order chi connectivity index (χ1) is 10.1. The Morgan fingerprint density at radius 1 is 1.52 bits per heavy atom. The van der Waals surface area contributed by atoms with Gasteiger partial charge in [-0.2, -0.15) is 5.26 Å². The van der Waals surface area contributed by atoms with Gasteiger partial charge in [-0.05, 0) is 32.1 Å². The van der Waals surface area contributed by atoms with Crippen molar-refractivity contribution in [1.82, 2.24) is 10.6 Å². The lowest BCUT2D eigenvalue weighted by Crippen LogP contribution is -2.50. The molecule has 4 heteroatoms. The zero-order valence-corrected chi connectivity index (χ0v) is 12.5. The SMILES string of the molecule is C=C/C=C\C=C(/C)CC(C#N)NC(=O)[C@H]1N[C@@H]2CC[C@H]1C2. The van der Waals surface area contributed by atoms with E-state index in [-0.39, 0.29) is 11.9 Å². The van der Waals surface area contributed by atoms with E-state index in [0.717, 1.165) is 18.4 Å². The van der Waals surface area contributed by atoms with E-state index in [1.54, 1.807) is 6.08 Å². The van der Waals surface area contributed by atoms with E-state index >= 15 is 0 Å². The molecule has 0 aromatic rings. The number of carbonyl (C=O) groups excluding carboxylic acids is 1. The summed E-state index contributed by atoms with van der Waals surface area (Å²) < 4.78 is 0. The predicted octanol–water partition coefficient (Wildman–Crippen LogP) is 2.21. The zero-order chi connectivity index (χ0) is 15.2. The third-order valence-corrected chi connectivity index (χ3v) is 4.27. The van der Waals surface area contributed by atoms with E-state index in [0.29, 0.717) is 18.4 Å². The quantitative estimate of drug-likeness (QED) is 0.735. The van der Waals surface area contributed by atoms with Crippen molar-refractivity contribution < 1.29 is 4.79 Å². The lowest BCUT2D eigenvalue weighted by Gasteiger charge is -2.23. The van der Waals surface area contributed by atoms with Crippen molar-refractivity contribution in [2.45, 2.75) is 50.7 Å². The molecule has 4 nitrogen and oxygen atoms in total. The van der Waals surface area contributed by atoms with Crippen LogP contribution in [0.2, 0.25) is 0 Å². The minimum Gasteiger partial charge on any atom is -0.339 e. The summed E-state index contributed by atoms with van der Waals surface area (Å²) in [5.41, 5.74) is 1.06. The minimum atomic E-state index is -0.466. The van der Waals surface area contributed by atoms with Gasteiger partial charge < -0.3 is 10.6 Å². The van der Waals surface area contributed by atoms with Crippen LogP contribution >= 0.6 is 0 Å². The molecule has 2 N–H and O–H groups in total. The van der Waals surface area contributed by atoms with Gasteiger partial charge in [0.05, 0.1) is 12.1 Å². The van der Waals surface area contributed by atoms with Crippen LogP contribution in [-0.2, 0) is 4.79 Å². The van der Waals surface area contributed by atoms with Crippen molar-refractivity contribution in [2.75, 3.05) is 0 Å². The summed E-state index contributed by atoms with van der Waals surface area (Å²) in [7, 11) is 0. The fourth-order valence-electron chi connectivity index (χ4n) is 3.23. The molecule has 0 spiro atoms. The van der Waals surface area contributed by atoms with Crippen molar-refractivity contribution in [3.05, 3.63) is 36.5 Å². The molecule has 4 atom stereocenters. The molecule has 1 unspecified atom stereocenters. The molecule has 1 amide bonds. The number of piperidine rings is 1. The van der Waals surface area contributed by atoms with Gasteiger partial charge in [-0.1, -0.05) is 36.5 Å². The van der Waals surface area contributed by atoms with E-state index in [9.17, 15) is 10.1 Å². The van der Waals surface area contributed by atoms with Crippen LogP contribution < -0.4 is 10.6 Å². The average Bonchev–Trinajstić information content (AvgIpc) is 3.09. The maximum atomic E-state index is 12.3. The Bertz CT molecular complexity index is 501. The number of carbonyl (C=O) groups is 1. The maximum absolute atomic E-state index is 12.3. The summed E-state index contributed by atoms with van der Waals surface area (Å²) in [6.45, 7) is 5.56. The van der Waals surface area contributed by atoms with Gasteiger partial charge in [0.2, 0.25) is 5.91 Å². The molecule has 0 aromatic heterocycles. The number of nitrogens with one attached hydrogen (secondary N) is 2. The maximum Gasteiger partial charge on any atom is 0.238 e. The van der Waals surface area contributed by atoms with Gasteiger partial charge in [0.25, 0.3) is 0 Å². The summed E-state index contributed by atoms with van der Waals surface area (Å²) in [6, 6.07) is 2.10. The topological polar surface area (TPSA) is 64.9 Å². The molecule has 0 aromatic carbocycles. The molecule has 21 heavy (non-hydrogen) atoms. The Hall–Kier alpha value is -1.86. The molecular weight excluding hydrogens is 262 g/mol. The second-order valence-corrected chi connectivity index (χ2v) is 5.94. The van der Waals surface area contributed by atoms with E-state index < -0.39 is 6.04 Å². The van der Waals surface area contributed by atoms with Crippen LogP contribution in [0.3, 0.4) is 0 Å². The molecule has 112 valence electrons. The molecule has 2 fully saturated rings. The van der Waals surface area contributed by atoms with Crippen LogP contribution in [0.25, 0.3) is 0 Å². The molecule has 2 aliphatic rings. The molecule has 1 aliphatic carbocycles. The molecule has 1 saturated carbocycles. The van der Waals surface area contributed by atoms with Crippen molar-refractivity contribution in [1.29, 1.82) is 5.26 Å². The number of nitriles is 1. The Balaban J connectivity index is 1.86. The molecular formula is C17H23N3O. The number of allylic oxidation sites excluding steroid dienone is 4. The van der Waals surface area contributed by atoms with Crippen LogP contribution in [-0.4, -0.2) is 24.0 Å². The van der Waals surface area contributed by atoms with Crippen molar-refractivity contribution in [3.63, 3.8) is 0 Å². The zero-order valence-electron chi connectivity index (χ0n) is 12.5. The molecule has 2 rings (SSSR count). The van der Waals surface area contributed by atoms with Crippen molar-refractivity contribution >= 4 is 5.91 Å². The van der Waals surface area contributed by atoms with Crippen LogP contribution in [0.4, 0.5) is 0 Å². The molecule has 1 aliphatic heterocycles. The van der Waals surface area contributed by atoms with Gasteiger partial charge in [0, 0.05) is 12.5 Å². The van der Waals surface area contributed by atoms with E-state index in [4.69, 9.17) is 0 Å². The number of nitrogens with zero attached hydrogens (tertiary/aromatic N) is 1. The number of rotatable bonds is 6. The first-order valence-corrected chi connectivity index (χ1v) is 7.55. The first kappa shape index (κ1) is 15.5. The van der Waals surface area contributed by atoms with Crippen LogP contribution in [0.15, 0.2) is 36.5 Å². The molecule has 0 radical (unpaired) electrons. The highest BCUT2D eigenvalue weighted by Gasteiger charge is 2.42. The van der Waals surface area contributed by atoms with Gasteiger partial charge in [-0.15, -0.1) is 0 Å². The fraction of sp³-hybridized carbons (Fsp3) is 0.529. The monoisotopic (exact) mass is 285 g/mol. The Morgan fingerprint density at radius 2 is 2.33 bits per heavy atom. The van der Waals surface area contributed by atoms with Crippen LogP contribution in [0.1, 0.15) is 32.6 Å². The summed E-state index contributed by atoms with van der Waals surface area (Å²) >= 11 is 0. The average molecular weight is 285 g/mol. The first-order valence-electron chi connectivity index (χ1n) is 7.55. The summed E-state index contributed by atoms with van der Waals surface area (Å²) in [5.74, 6) is 0.421. The Kier molecular flexibility index (Phi) is 5.35. The summed E-state index contributed by atoms with van der Waals surface area (Å²) in [4.78, 5) is 12.3. The largest absolute Gasteiger partial charge is 0.339 e. The normalized spacial score (nSPS) is 29.3. The number of hydrogen-bond donors (Lipinski definition) is 2. The molecule has 1 saturated heterocycles. The summed E-state index contributed by atoms with van der Waals surface area (Å²) in [6.07, 6.45) is 11.3. The number of amides is 1. The van der Waals surface area contributed by atoms with E-state index in [1.165, 1.54) is 6.42 Å². The van der Waals surface area contributed by atoms with Crippen molar-refractivity contribution in [2.24, 2.45) is 5.92 Å². The third-order valence-electron chi connectivity index (χ3n) is 4.27. The standard InChI is InChI=1S/C17H23N3O/c1-3-4-5-6-12(2)9-15(11-18)20-17(21)16-13-7-8-14(10-13)19-16/h3-6,13-16,19H,1,7-10H2,2H3,(H,20,21)/b5-4-,12-6+/t13-,14+,15?,16-/m0/s1. The number of fused-ring (bicyclic) bond motifs is 2. The van der Waals surface area contributed by atoms with Crippen LogP contribution in [0.5, 0.6) is 0 Å². The highest BCUT2D eigenvalue weighted by atomic mass is 16.2. The Morgan fingerprint density at radius 3 is 2.90 bits per heavy atom. The van der Waals surface area contributed by atoms with Crippen LogP contribution in [0, 0.1) is 17.2 Å². The highest BCUT2D eigenvalue weighted by Crippen LogP contribution is 2.35. The fourth-order valence-corrected chi connectivity index (χ4v) is 3.23. The van der Waals surface area contributed by atoms with Gasteiger partial charge in [0.1, 0.15) is 6.04 Å². The third kappa shape index (κ3) is 4.05. The second kappa shape index (κ2) is 7.24. The van der Waals surface area contributed by atoms with E-state index in [2.05, 4.69) is 23.3 Å². The summed E-state index contributed by atoms with van der Waals surface area (Å²) in [5, 5.41) is 15.4. The smallest absolute Gasteiger partial charge is 0.238 e. The molecule has 2 bridgehead atoms. The van der Waals surface area contributed by atoms with Gasteiger partial charge in [-0.3, -0.25) is 4.79 Å². The molecule has 1 heterocycles. The highest BCUT2D eigenvalue weighted by molar-refractivity contribution is 5.83. The predicted molar refractivity (Wildman–Crippen MR) is 83.3 cm³/mol. The van der Waals surface area contributed by atoms with E-state index in [1.807, 2.05) is 25.2 Å². The second-order valence-electron chi connectivity index (χ2n) is 5.94. The number of hydrogen-bond acceptors (Lipinski definition) is 3. The van der Waals surface area contributed by atoms with Gasteiger partial charge >= 0.3 is 0 Å². The lowest BCUT2D eigenvalue weighted by atomic mass is 9.98. The van der Waals surface area contributed by atoms with Gasteiger partial charge in [-0.25, -0.2) is 0 Å². The van der Waals surface area contributed by atoms with Crippen molar-refractivity contribution in [3.8, 4) is 6.07 Å².